The summed E-state index contributed by atoms with van der Waals surface area (Å²) in [6, 6.07) is 24.7. The zero-order valence-electron chi connectivity index (χ0n) is 26.6. The van der Waals surface area contributed by atoms with Crippen LogP contribution in [0.15, 0.2) is 97.2 Å². The smallest absolute Gasteiger partial charge is 0.264 e. The first-order chi connectivity index (χ1) is 22.9. The molecule has 1 saturated heterocycles. The van der Waals surface area contributed by atoms with Crippen molar-refractivity contribution in [3.63, 3.8) is 0 Å². The highest BCUT2D eigenvalue weighted by atomic mass is 16.3. The summed E-state index contributed by atoms with van der Waals surface area (Å²) in [5, 5.41) is 36.8. The van der Waals surface area contributed by atoms with Crippen LogP contribution in [-0.4, -0.2) is 56.7 Å². The molecule has 3 aromatic carbocycles. The third-order valence-electron chi connectivity index (χ3n) is 9.29. The molecule has 2 aliphatic rings. The van der Waals surface area contributed by atoms with Crippen molar-refractivity contribution >= 4 is 23.2 Å². The van der Waals surface area contributed by atoms with Crippen molar-refractivity contribution in [2.75, 3.05) is 29.9 Å². The van der Waals surface area contributed by atoms with Crippen LogP contribution in [0, 0.1) is 11.8 Å². The van der Waals surface area contributed by atoms with Crippen LogP contribution >= 0.6 is 0 Å². The van der Waals surface area contributed by atoms with Gasteiger partial charge in [-0.05, 0) is 55.1 Å². The molecule has 10 heteroatoms. The minimum Gasteiger partial charge on any atom is -0.395 e. The SMILES string of the molecule is C[C@H](/C=C/CCn1cc(C(CO)c2ccccc2)nn1)[C@@]1(O)C(=O)N(Cc2cccc(NC(=O)C3CCCNC3)c2)c2ccccc21. The Labute approximate surface area is 275 Å². The lowest BCUT2D eigenvalue weighted by molar-refractivity contribution is -0.139. The molecule has 0 aliphatic carbocycles. The van der Waals surface area contributed by atoms with Gasteiger partial charge in [-0.15, -0.1) is 5.10 Å². The van der Waals surface area contributed by atoms with Gasteiger partial charge >= 0.3 is 0 Å². The highest BCUT2D eigenvalue weighted by molar-refractivity contribution is 6.07. The van der Waals surface area contributed by atoms with E-state index in [-0.39, 0.29) is 36.8 Å². The van der Waals surface area contributed by atoms with Gasteiger partial charge in [-0.1, -0.05) is 85.0 Å². The Morgan fingerprint density at radius 1 is 1.13 bits per heavy atom. The summed E-state index contributed by atoms with van der Waals surface area (Å²) in [5.74, 6) is -1.19. The van der Waals surface area contributed by atoms with E-state index in [0.29, 0.717) is 42.1 Å². The van der Waals surface area contributed by atoms with Gasteiger partial charge in [0.2, 0.25) is 5.91 Å². The molecule has 10 nitrogen and oxygen atoms in total. The number of fused-ring (bicyclic) bond motifs is 1. The number of rotatable bonds is 12. The number of hydrogen-bond acceptors (Lipinski definition) is 7. The number of carbonyl (C=O) groups excluding carboxylic acids is 2. The van der Waals surface area contributed by atoms with Gasteiger partial charge in [0.05, 0.1) is 36.4 Å². The minimum absolute atomic E-state index is 0.00210. The Bertz CT molecular complexity index is 1720. The van der Waals surface area contributed by atoms with Crippen molar-refractivity contribution in [3.8, 4) is 0 Å². The maximum absolute atomic E-state index is 14.0. The topological polar surface area (TPSA) is 133 Å². The zero-order valence-corrected chi connectivity index (χ0v) is 26.6. The molecule has 2 amide bonds. The average Bonchev–Trinajstić information content (AvgIpc) is 3.65. The number of para-hydroxylation sites is 1. The second kappa shape index (κ2) is 14.4. The van der Waals surface area contributed by atoms with E-state index in [2.05, 4.69) is 20.9 Å². The standard InChI is InChI=1S/C37H42N6O4/c1-26(11-7-8-20-42-24-33(40-41-42)31(25-44)28-13-3-2-4-14-28)37(47)32-17-5-6-18-34(32)43(36(37)46)23-27-12-9-16-30(21-27)39-35(45)29-15-10-19-38-22-29/h2-7,9,11-14,16-18,21,24,26,29,31,38,44,47H,8,10,15,19-20,22-23,25H2,1H3,(H,39,45)/b11-7+/t26-,29?,31?,37+/m1/s1. The quantitative estimate of drug-likeness (QED) is 0.170. The molecule has 0 bridgehead atoms. The Morgan fingerprint density at radius 2 is 1.94 bits per heavy atom. The molecule has 6 rings (SSSR count). The first kappa shape index (κ1) is 32.3. The van der Waals surface area contributed by atoms with Crippen LogP contribution in [0.3, 0.4) is 0 Å². The predicted molar refractivity (Wildman–Crippen MR) is 181 cm³/mol. The number of aliphatic hydroxyl groups is 2. The molecular formula is C37H42N6O4. The number of hydrogen-bond donors (Lipinski definition) is 4. The summed E-state index contributed by atoms with van der Waals surface area (Å²) in [6.45, 7) is 4.22. The predicted octanol–water partition coefficient (Wildman–Crippen LogP) is 4.36. The molecule has 47 heavy (non-hydrogen) atoms. The molecule has 4 aromatic rings. The number of carbonyl (C=O) groups is 2. The van der Waals surface area contributed by atoms with Gasteiger partial charge in [-0.3, -0.25) is 14.3 Å². The lowest BCUT2D eigenvalue weighted by Crippen LogP contribution is -2.44. The largest absolute Gasteiger partial charge is 0.395 e. The van der Waals surface area contributed by atoms with E-state index in [4.69, 9.17) is 0 Å². The molecular weight excluding hydrogens is 592 g/mol. The Hall–Kier alpha value is -4.64. The normalized spacial score (nSPS) is 20.7. The van der Waals surface area contributed by atoms with Crippen molar-refractivity contribution in [2.45, 2.75) is 50.8 Å². The van der Waals surface area contributed by atoms with E-state index in [1.165, 1.54) is 0 Å². The van der Waals surface area contributed by atoms with Crippen LogP contribution in [0.1, 0.15) is 54.5 Å². The third-order valence-corrected chi connectivity index (χ3v) is 9.29. The number of aliphatic hydroxyl groups excluding tert-OH is 1. The van der Waals surface area contributed by atoms with Crippen LogP contribution in [0.25, 0.3) is 0 Å². The van der Waals surface area contributed by atoms with E-state index < -0.39 is 11.5 Å². The summed E-state index contributed by atoms with van der Waals surface area (Å²) in [7, 11) is 0. The fourth-order valence-electron chi connectivity index (χ4n) is 6.59. The molecule has 1 fully saturated rings. The Balaban J connectivity index is 1.11. The van der Waals surface area contributed by atoms with Crippen molar-refractivity contribution in [1.29, 1.82) is 0 Å². The monoisotopic (exact) mass is 634 g/mol. The number of nitrogens with one attached hydrogen (secondary N) is 2. The Morgan fingerprint density at radius 3 is 2.72 bits per heavy atom. The maximum atomic E-state index is 14.0. The average molecular weight is 635 g/mol. The van der Waals surface area contributed by atoms with E-state index in [9.17, 15) is 19.8 Å². The van der Waals surface area contributed by atoms with Crippen molar-refractivity contribution < 1.29 is 19.8 Å². The summed E-state index contributed by atoms with van der Waals surface area (Å²) in [6.07, 6.45) is 8.15. The third kappa shape index (κ3) is 6.90. The maximum Gasteiger partial charge on any atom is 0.264 e. The van der Waals surface area contributed by atoms with Gasteiger partial charge in [0, 0.05) is 36.5 Å². The first-order valence-corrected chi connectivity index (χ1v) is 16.4. The molecule has 2 unspecified atom stereocenters. The number of anilines is 2. The fourth-order valence-corrected chi connectivity index (χ4v) is 6.59. The van der Waals surface area contributed by atoms with E-state index in [1.54, 1.807) is 9.58 Å². The first-order valence-electron chi connectivity index (χ1n) is 16.4. The molecule has 4 atom stereocenters. The molecule has 0 saturated carbocycles. The number of amides is 2. The highest BCUT2D eigenvalue weighted by Gasteiger charge is 2.52. The highest BCUT2D eigenvalue weighted by Crippen LogP contribution is 2.45. The van der Waals surface area contributed by atoms with Gasteiger partial charge in [0.25, 0.3) is 5.91 Å². The van der Waals surface area contributed by atoms with Crippen LogP contribution < -0.4 is 15.5 Å². The summed E-state index contributed by atoms with van der Waals surface area (Å²) in [4.78, 5) is 28.4. The second-order valence-corrected chi connectivity index (χ2v) is 12.5. The summed E-state index contributed by atoms with van der Waals surface area (Å²) < 4.78 is 1.74. The van der Waals surface area contributed by atoms with E-state index in [0.717, 1.165) is 30.5 Å². The minimum atomic E-state index is -1.72. The van der Waals surface area contributed by atoms with Gasteiger partial charge < -0.3 is 25.7 Å². The van der Waals surface area contributed by atoms with E-state index in [1.807, 2.05) is 104 Å². The lowest BCUT2D eigenvalue weighted by Gasteiger charge is -2.27. The molecule has 0 spiro atoms. The van der Waals surface area contributed by atoms with Gasteiger partial charge in [0.1, 0.15) is 0 Å². The molecule has 244 valence electrons. The number of benzene rings is 3. The Kier molecular flexibility index (Phi) is 9.91. The molecule has 2 aliphatic heterocycles. The van der Waals surface area contributed by atoms with E-state index >= 15 is 0 Å². The van der Waals surface area contributed by atoms with Gasteiger partial charge in [-0.2, -0.15) is 0 Å². The van der Waals surface area contributed by atoms with Crippen LogP contribution in [0.2, 0.25) is 0 Å². The van der Waals surface area contributed by atoms with Crippen LogP contribution in [0.5, 0.6) is 0 Å². The molecule has 0 radical (unpaired) electrons. The van der Waals surface area contributed by atoms with Gasteiger partial charge in [-0.25, -0.2) is 0 Å². The number of aromatic nitrogens is 3. The molecule has 4 N–H and O–H groups in total. The van der Waals surface area contributed by atoms with Crippen LogP contribution in [0.4, 0.5) is 11.4 Å². The number of allylic oxidation sites excluding steroid dienone is 1. The second-order valence-electron chi connectivity index (χ2n) is 12.5. The van der Waals surface area contributed by atoms with Crippen molar-refractivity contribution in [3.05, 3.63) is 120 Å². The van der Waals surface area contributed by atoms with Crippen molar-refractivity contribution in [1.82, 2.24) is 20.3 Å². The van der Waals surface area contributed by atoms with Crippen LogP contribution in [-0.2, 0) is 28.3 Å². The molecule has 1 aromatic heterocycles. The lowest BCUT2D eigenvalue weighted by atomic mass is 9.83. The summed E-state index contributed by atoms with van der Waals surface area (Å²) in [5.41, 5.74) is 2.75. The number of aryl methyl sites for hydroxylation is 1. The fraction of sp³-hybridized carbons (Fsp3) is 0.351. The number of nitrogens with zero attached hydrogens (tertiary/aromatic N) is 4. The number of piperidine rings is 1. The van der Waals surface area contributed by atoms with Crippen molar-refractivity contribution in [2.24, 2.45) is 11.8 Å². The van der Waals surface area contributed by atoms with Gasteiger partial charge in [0.15, 0.2) is 5.60 Å². The molecule has 3 heterocycles. The summed E-state index contributed by atoms with van der Waals surface area (Å²) >= 11 is 0. The zero-order chi connectivity index (χ0) is 32.8.